The van der Waals surface area contributed by atoms with Gasteiger partial charge in [0.1, 0.15) is 11.3 Å². The topological polar surface area (TPSA) is 86.1 Å². The number of thioether (sulfide) groups is 1. The summed E-state index contributed by atoms with van der Waals surface area (Å²) < 4.78 is 7.01. The molecule has 180 valence electrons. The van der Waals surface area contributed by atoms with Crippen LogP contribution in [0.1, 0.15) is 54.9 Å². The quantitative estimate of drug-likeness (QED) is 0.347. The first kappa shape index (κ1) is 24.5. The number of hydrogen-bond donors (Lipinski definition) is 1. The van der Waals surface area contributed by atoms with Crippen molar-refractivity contribution < 1.29 is 14.3 Å². The highest BCUT2D eigenvalue weighted by Crippen LogP contribution is 2.44. The zero-order valence-corrected chi connectivity index (χ0v) is 21.6. The van der Waals surface area contributed by atoms with E-state index in [4.69, 9.17) is 4.74 Å². The van der Waals surface area contributed by atoms with Crippen LogP contribution in [0.25, 0.3) is 5.69 Å². The van der Waals surface area contributed by atoms with Crippen molar-refractivity contribution in [2.45, 2.75) is 52.1 Å². The van der Waals surface area contributed by atoms with Crippen LogP contribution < -0.4 is 5.32 Å². The van der Waals surface area contributed by atoms with Crippen LogP contribution in [0, 0.1) is 11.3 Å². The minimum Gasteiger partial charge on any atom is -0.462 e. The molecule has 1 amide bonds. The first-order valence-corrected chi connectivity index (χ1v) is 13.3. The molecule has 1 aromatic carbocycles. The smallest absolute Gasteiger partial charge is 0.341 e. The molecule has 7 nitrogen and oxygen atoms in total. The molecule has 0 saturated heterocycles. The average Bonchev–Trinajstić information content (AvgIpc) is 3.42. The number of aromatic nitrogens is 3. The summed E-state index contributed by atoms with van der Waals surface area (Å²) in [4.78, 5) is 31.0. The van der Waals surface area contributed by atoms with Crippen LogP contribution >= 0.6 is 23.1 Å². The molecule has 0 spiro atoms. The van der Waals surface area contributed by atoms with Crippen molar-refractivity contribution in [3.8, 4) is 5.69 Å². The number of para-hydroxylation sites is 1. The number of nitrogens with one attached hydrogen (secondary N) is 1. The van der Waals surface area contributed by atoms with Crippen molar-refractivity contribution in [2.75, 3.05) is 17.7 Å². The molecule has 1 aliphatic carbocycles. The Bertz CT molecular complexity index is 1160. The monoisotopic (exact) mass is 498 g/mol. The summed E-state index contributed by atoms with van der Waals surface area (Å²) in [5.74, 6) is 0.130. The highest BCUT2D eigenvalue weighted by molar-refractivity contribution is 7.99. The average molecular weight is 499 g/mol. The predicted molar refractivity (Wildman–Crippen MR) is 136 cm³/mol. The van der Waals surface area contributed by atoms with Crippen molar-refractivity contribution in [1.82, 2.24) is 14.8 Å². The highest BCUT2D eigenvalue weighted by atomic mass is 32.2. The van der Waals surface area contributed by atoms with Gasteiger partial charge in [-0.25, -0.2) is 14.5 Å². The zero-order chi connectivity index (χ0) is 24.3. The Morgan fingerprint density at radius 2 is 2.03 bits per heavy atom. The van der Waals surface area contributed by atoms with Crippen molar-refractivity contribution in [2.24, 2.45) is 11.3 Å². The number of hydrogen-bond acceptors (Lipinski definition) is 7. The third-order valence-electron chi connectivity index (χ3n) is 6.05. The molecule has 34 heavy (non-hydrogen) atoms. The van der Waals surface area contributed by atoms with E-state index in [1.54, 1.807) is 17.9 Å². The normalized spacial score (nSPS) is 15.6. The molecule has 2 aromatic heterocycles. The number of fused-ring (bicyclic) bond motifs is 1. The Hall–Kier alpha value is -2.65. The number of amides is 1. The minimum atomic E-state index is -0.361. The molecule has 1 atom stereocenters. The summed E-state index contributed by atoms with van der Waals surface area (Å²) in [5.41, 5.74) is 2.67. The van der Waals surface area contributed by atoms with Gasteiger partial charge >= 0.3 is 5.97 Å². The first-order chi connectivity index (χ1) is 16.3. The molecule has 3 aromatic rings. The van der Waals surface area contributed by atoms with Gasteiger partial charge in [-0.05, 0) is 55.2 Å². The second-order valence-electron chi connectivity index (χ2n) is 9.38. The van der Waals surface area contributed by atoms with E-state index >= 15 is 0 Å². The third-order valence-corrected chi connectivity index (χ3v) is 8.07. The molecule has 0 bridgehead atoms. The van der Waals surface area contributed by atoms with Crippen LogP contribution in [-0.4, -0.2) is 39.0 Å². The van der Waals surface area contributed by atoms with Gasteiger partial charge in [0.05, 0.1) is 23.6 Å². The molecule has 1 N–H and O–H groups in total. The molecule has 1 aliphatic rings. The van der Waals surface area contributed by atoms with Crippen LogP contribution in [0.5, 0.6) is 0 Å². The lowest BCUT2D eigenvalue weighted by molar-refractivity contribution is -0.113. The maximum atomic E-state index is 12.8. The van der Waals surface area contributed by atoms with E-state index < -0.39 is 0 Å². The van der Waals surface area contributed by atoms with E-state index in [1.807, 2.05) is 30.3 Å². The Balaban J connectivity index is 1.46. The Morgan fingerprint density at radius 3 is 2.74 bits per heavy atom. The van der Waals surface area contributed by atoms with Crippen LogP contribution in [0.3, 0.4) is 0 Å². The Kier molecular flexibility index (Phi) is 7.42. The number of nitrogens with zero attached hydrogens (tertiary/aromatic N) is 3. The van der Waals surface area contributed by atoms with Gasteiger partial charge in [0, 0.05) is 4.88 Å². The van der Waals surface area contributed by atoms with Gasteiger partial charge in [-0.1, -0.05) is 50.7 Å². The molecule has 9 heteroatoms. The number of anilines is 1. The molecule has 0 unspecified atom stereocenters. The predicted octanol–water partition coefficient (Wildman–Crippen LogP) is 5.39. The maximum absolute atomic E-state index is 12.8. The van der Waals surface area contributed by atoms with E-state index in [0.29, 0.717) is 28.2 Å². The second-order valence-corrected chi connectivity index (χ2v) is 11.4. The first-order valence-electron chi connectivity index (χ1n) is 11.5. The molecular formula is C25H30N4O3S2. The van der Waals surface area contributed by atoms with Crippen molar-refractivity contribution in [3.05, 3.63) is 52.7 Å². The lowest BCUT2D eigenvalue weighted by atomic mass is 9.72. The fourth-order valence-electron chi connectivity index (χ4n) is 4.14. The summed E-state index contributed by atoms with van der Waals surface area (Å²) in [7, 11) is 0. The van der Waals surface area contributed by atoms with Gasteiger partial charge in [0.2, 0.25) is 11.1 Å². The number of ether oxygens (including phenoxy) is 1. The summed E-state index contributed by atoms with van der Waals surface area (Å²) in [6.45, 7) is 8.87. The van der Waals surface area contributed by atoms with Crippen molar-refractivity contribution >= 4 is 40.0 Å². The second kappa shape index (κ2) is 10.3. The number of thiophene rings is 1. The molecule has 0 fully saturated rings. The van der Waals surface area contributed by atoms with Gasteiger partial charge < -0.3 is 10.1 Å². The zero-order valence-electron chi connectivity index (χ0n) is 20.0. The molecule has 0 radical (unpaired) electrons. The van der Waals surface area contributed by atoms with E-state index in [2.05, 4.69) is 36.2 Å². The fourth-order valence-corrected chi connectivity index (χ4v) is 6.08. The largest absolute Gasteiger partial charge is 0.462 e. The summed E-state index contributed by atoms with van der Waals surface area (Å²) in [6, 6.07) is 9.69. The lowest BCUT2D eigenvalue weighted by Crippen LogP contribution is -2.26. The molecule has 0 saturated carbocycles. The van der Waals surface area contributed by atoms with Crippen LogP contribution in [-0.2, 0) is 22.4 Å². The Labute approximate surface area is 208 Å². The third kappa shape index (κ3) is 5.52. The van der Waals surface area contributed by atoms with Crippen molar-refractivity contribution in [3.63, 3.8) is 0 Å². The SMILES string of the molecule is CCOC(=O)c1c(NC(=O)CSc2ncn(-c3ccccc3)n2)sc2c1CC[C@H](C(C)(C)C)C2. The molecule has 4 rings (SSSR count). The van der Waals surface area contributed by atoms with Gasteiger partial charge in [0.15, 0.2) is 0 Å². The highest BCUT2D eigenvalue weighted by Gasteiger charge is 2.34. The van der Waals surface area contributed by atoms with Gasteiger partial charge in [-0.3, -0.25) is 4.79 Å². The van der Waals surface area contributed by atoms with Crippen LogP contribution in [0.4, 0.5) is 5.00 Å². The van der Waals surface area contributed by atoms with E-state index in [9.17, 15) is 9.59 Å². The number of esters is 1. The Morgan fingerprint density at radius 1 is 1.26 bits per heavy atom. The van der Waals surface area contributed by atoms with E-state index in [1.165, 1.54) is 28.0 Å². The lowest BCUT2D eigenvalue weighted by Gasteiger charge is -2.33. The maximum Gasteiger partial charge on any atom is 0.341 e. The van der Waals surface area contributed by atoms with Gasteiger partial charge in [0.25, 0.3) is 0 Å². The molecule has 0 aliphatic heterocycles. The minimum absolute atomic E-state index is 0.147. The number of carbonyl (C=O) groups is 2. The number of carbonyl (C=O) groups excluding carboxylic acids is 2. The number of rotatable bonds is 7. The molecular weight excluding hydrogens is 468 g/mol. The fraction of sp³-hybridized carbons (Fsp3) is 0.440. The van der Waals surface area contributed by atoms with E-state index in [-0.39, 0.29) is 23.0 Å². The van der Waals surface area contributed by atoms with E-state index in [0.717, 1.165) is 30.5 Å². The van der Waals surface area contributed by atoms with Crippen LogP contribution in [0.2, 0.25) is 0 Å². The summed E-state index contributed by atoms with van der Waals surface area (Å²) in [6.07, 6.45) is 4.40. The van der Waals surface area contributed by atoms with Gasteiger partial charge in [-0.2, -0.15) is 0 Å². The van der Waals surface area contributed by atoms with Crippen molar-refractivity contribution in [1.29, 1.82) is 0 Å². The van der Waals surface area contributed by atoms with Crippen LogP contribution in [0.15, 0.2) is 41.8 Å². The number of benzene rings is 1. The van der Waals surface area contributed by atoms with Gasteiger partial charge in [-0.15, -0.1) is 16.4 Å². The summed E-state index contributed by atoms with van der Waals surface area (Å²) in [5, 5.41) is 8.50. The summed E-state index contributed by atoms with van der Waals surface area (Å²) >= 11 is 2.77. The standard InChI is InChI=1S/C25H30N4O3S2/c1-5-32-23(31)21-18-12-11-16(25(2,3)4)13-19(18)34-22(21)27-20(30)14-33-24-26-15-29(28-24)17-9-7-6-8-10-17/h6-10,15-16H,5,11-14H2,1-4H3,(H,27,30)/t16-/m0/s1. The molecule has 2 heterocycles.